The molecule has 0 aliphatic rings. The Morgan fingerprint density at radius 3 is 2.65 bits per heavy atom. The van der Waals surface area contributed by atoms with Crippen molar-refractivity contribution in [2.75, 3.05) is 7.05 Å². The summed E-state index contributed by atoms with van der Waals surface area (Å²) in [6, 6.07) is 3.49. The molecule has 0 unspecified atom stereocenters. The third-order valence-corrected chi connectivity index (χ3v) is 1.84. The van der Waals surface area contributed by atoms with Crippen molar-refractivity contribution in [2.24, 2.45) is 0 Å². The van der Waals surface area contributed by atoms with Crippen molar-refractivity contribution in [3.63, 3.8) is 0 Å². The van der Waals surface area contributed by atoms with E-state index in [1.54, 1.807) is 7.05 Å². The number of hydrogen-bond donors (Lipinski definition) is 1. The molecule has 5 nitrogen and oxygen atoms in total. The Labute approximate surface area is 102 Å². The summed E-state index contributed by atoms with van der Waals surface area (Å²) < 4.78 is 28.3. The summed E-state index contributed by atoms with van der Waals surface area (Å²) in [5.74, 6) is -0.0602. The third kappa shape index (κ3) is 4.49. The van der Waals surface area contributed by atoms with Crippen LogP contribution < -0.4 is 10.1 Å². The van der Waals surface area contributed by atoms with Crippen LogP contribution in [0, 0.1) is 10.1 Å². The van der Waals surface area contributed by atoms with Crippen LogP contribution in [0.25, 0.3) is 0 Å². The van der Waals surface area contributed by atoms with Crippen LogP contribution in [-0.2, 0) is 6.54 Å². The first-order chi connectivity index (χ1) is 7.54. The molecule has 0 saturated carbocycles. The van der Waals surface area contributed by atoms with Crippen molar-refractivity contribution >= 4 is 18.1 Å². The number of non-ortho nitro benzene ring substituents is 1. The van der Waals surface area contributed by atoms with Gasteiger partial charge >= 0.3 is 6.61 Å². The van der Waals surface area contributed by atoms with Gasteiger partial charge in [0.25, 0.3) is 5.69 Å². The van der Waals surface area contributed by atoms with Crippen molar-refractivity contribution in [1.29, 1.82) is 0 Å². The van der Waals surface area contributed by atoms with Gasteiger partial charge in [0.2, 0.25) is 0 Å². The fourth-order valence-corrected chi connectivity index (χ4v) is 1.22. The molecular formula is C9H11ClF2N2O3. The summed E-state index contributed by atoms with van der Waals surface area (Å²) in [6.07, 6.45) is 0. The Hall–Kier alpha value is -1.47. The van der Waals surface area contributed by atoms with Gasteiger partial charge in [-0.25, -0.2) is 0 Å². The number of alkyl halides is 2. The van der Waals surface area contributed by atoms with E-state index in [0.717, 1.165) is 12.1 Å². The van der Waals surface area contributed by atoms with Crippen molar-refractivity contribution in [3.8, 4) is 5.75 Å². The van der Waals surface area contributed by atoms with Crippen LogP contribution in [0.2, 0.25) is 0 Å². The molecule has 1 N–H and O–H groups in total. The number of nitro groups is 1. The van der Waals surface area contributed by atoms with Crippen molar-refractivity contribution in [3.05, 3.63) is 33.9 Å². The standard InChI is InChI=1S/C9H10F2N2O3.ClH/c1-12-5-6-4-7(13(14)15)2-3-8(6)16-9(10)11;/h2-4,9,12H,5H2,1H3;1H. The quantitative estimate of drug-likeness (QED) is 0.658. The lowest BCUT2D eigenvalue weighted by Gasteiger charge is -2.09. The van der Waals surface area contributed by atoms with Gasteiger partial charge in [-0.15, -0.1) is 12.4 Å². The Balaban J connectivity index is 0.00000256. The minimum Gasteiger partial charge on any atom is -0.434 e. The number of nitro benzene ring substituents is 1. The average molecular weight is 269 g/mol. The largest absolute Gasteiger partial charge is 0.434 e. The first-order valence-electron chi connectivity index (χ1n) is 4.41. The number of rotatable bonds is 5. The summed E-state index contributed by atoms with van der Waals surface area (Å²) in [5, 5.41) is 13.2. The van der Waals surface area contributed by atoms with E-state index < -0.39 is 11.5 Å². The van der Waals surface area contributed by atoms with E-state index in [-0.39, 0.29) is 30.4 Å². The topological polar surface area (TPSA) is 64.4 Å². The first kappa shape index (κ1) is 15.5. The van der Waals surface area contributed by atoms with E-state index in [4.69, 9.17) is 0 Å². The van der Waals surface area contributed by atoms with E-state index in [9.17, 15) is 18.9 Å². The summed E-state index contributed by atoms with van der Waals surface area (Å²) in [4.78, 5) is 9.90. The molecule has 17 heavy (non-hydrogen) atoms. The van der Waals surface area contributed by atoms with Crippen molar-refractivity contribution < 1.29 is 18.4 Å². The molecule has 0 aromatic heterocycles. The summed E-state index contributed by atoms with van der Waals surface area (Å²) in [6.45, 7) is -2.74. The maximum atomic E-state index is 12.0. The summed E-state index contributed by atoms with van der Waals surface area (Å²) in [7, 11) is 1.60. The van der Waals surface area contributed by atoms with Crippen LogP contribution >= 0.6 is 12.4 Å². The van der Waals surface area contributed by atoms with Crippen molar-refractivity contribution in [2.45, 2.75) is 13.2 Å². The Kier molecular flexibility index (Phi) is 6.37. The second-order valence-corrected chi connectivity index (χ2v) is 2.96. The second kappa shape index (κ2) is 6.97. The van der Waals surface area contributed by atoms with Gasteiger partial charge in [-0.05, 0) is 13.1 Å². The fourth-order valence-electron chi connectivity index (χ4n) is 1.22. The maximum absolute atomic E-state index is 12.0. The minimum absolute atomic E-state index is 0. The van der Waals surface area contributed by atoms with Gasteiger partial charge in [0.1, 0.15) is 5.75 Å². The normalized spacial score (nSPS) is 9.88. The van der Waals surface area contributed by atoms with Crippen LogP contribution in [0.15, 0.2) is 18.2 Å². The number of nitrogens with one attached hydrogen (secondary N) is 1. The van der Waals surface area contributed by atoms with Gasteiger partial charge in [0.15, 0.2) is 0 Å². The van der Waals surface area contributed by atoms with Crippen LogP contribution in [0.1, 0.15) is 5.56 Å². The molecule has 0 bridgehead atoms. The Bertz CT molecular complexity index is 391. The number of nitrogens with zero attached hydrogens (tertiary/aromatic N) is 1. The predicted octanol–water partition coefficient (Wildman–Crippen LogP) is 2.34. The molecule has 1 aromatic carbocycles. The molecule has 0 amide bonds. The lowest BCUT2D eigenvalue weighted by atomic mass is 10.2. The molecule has 0 saturated heterocycles. The first-order valence-corrected chi connectivity index (χ1v) is 4.41. The molecule has 0 fully saturated rings. The average Bonchev–Trinajstić information content (AvgIpc) is 2.20. The van der Waals surface area contributed by atoms with Crippen LogP contribution in [0.4, 0.5) is 14.5 Å². The zero-order chi connectivity index (χ0) is 12.1. The number of ether oxygens (including phenoxy) is 1. The molecule has 0 aliphatic carbocycles. The zero-order valence-corrected chi connectivity index (χ0v) is 9.67. The van der Waals surface area contributed by atoms with Gasteiger partial charge < -0.3 is 10.1 Å². The highest BCUT2D eigenvalue weighted by Gasteiger charge is 2.14. The lowest BCUT2D eigenvalue weighted by Crippen LogP contribution is -2.10. The second-order valence-electron chi connectivity index (χ2n) is 2.96. The van der Waals surface area contributed by atoms with Crippen LogP contribution in [-0.4, -0.2) is 18.6 Å². The van der Waals surface area contributed by atoms with Gasteiger partial charge in [0, 0.05) is 24.2 Å². The predicted molar refractivity (Wildman–Crippen MR) is 59.7 cm³/mol. The number of hydrogen-bond acceptors (Lipinski definition) is 4. The van der Waals surface area contributed by atoms with E-state index in [0.29, 0.717) is 5.56 Å². The zero-order valence-electron chi connectivity index (χ0n) is 8.85. The molecule has 1 rings (SSSR count). The van der Waals surface area contributed by atoms with E-state index >= 15 is 0 Å². The number of halogens is 3. The maximum Gasteiger partial charge on any atom is 0.387 e. The van der Waals surface area contributed by atoms with Crippen LogP contribution in [0.5, 0.6) is 5.75 Å². The molecule has 0 radical (unpaired) electrons. The highest BCUT2D eigenvalue weighted by atomic mass is 35.5. The lowest BCUT2D eigenvalue weighted by molar-refractivity contribution is -0.385. The van der Waals surface area contributed by atoms with Gasteiger partial charge in [0.05, 0.1) is 4.92 Å². The highest BCUT2D eigenvalue weighted by Crippen LogP contribution is 2.25. The molecule has 1 aromatic rings. The summed E-state index contributed by atoms with van der Waals surface area (Å²) >= 11 is 0. The number of benzene rings is 1. The van der Waals surface area contributed by atoms with E-state index in [1.165, 1.54) is 6.07 Å². The fraction of sp³-hybridized carbons (Fsp3) is 0.333. The van der Waals surface area contributed by atoms with Gasteiger partial charge in [-0.1, -0.05) is 0 Å². The monoisotopic (exact) mass is 268 g/mol. The SMILES string of the molecule is CNCc1cc([N+](=O)[O-])ccc1OC(F)F.Cl. The summed E-state index contributed by atoms with van der Waals surface area (Å²) in [5.41, 5.74) is 0.156. The molecule has 0 atom stereocenters. The molecule has 0 aliphatic heterocycles. The van der Waals surface area contributed by atoms with Crippen LogP contribution in [0.3, 0.4) is 0 Å². The van der Waals surface area contributed by atoms with E-state index in [2.05, 4.69) is 10.1 Å². The molecule has 8 heteroatoms. The Morgan fingerprint density at radius 2 is 2.18 bits per heavy atom. The van der Waals surface area contributed by atoms with Gasteiger partial charge in [-0.3, -0.25) is 10.1 Å². The molecule has 96 valence electrons. The highest BCUT2D eigenvalue weighted by molar-refractivity contribution is 5.85. The molecule has 0 heterocycles. The van der Waals surface area contributed by atoms with Crippen molar-refractivity contribution in [1.82, 2.24) is 5.32 Å². The Morgan fingerprint density at radius 1 is 1.53 bits per heavy atom. The van der Waals surface area contributed by atoms with Gasteiger partial charge in [-0.2, -0.15) is 8.78 Å². The third-order valence-electron chi connectivity index (χ3n) is 1.84. The van der Waals surface area contributed by atoms with E-state index in [1.807, 2.05) is 0 Å². The smallest absolute Gasteiger partial charge is 0.387 e. The molecular weight excluding hydrogens is 258 g/mol. The minimum atomic E-state index is -2.95. The molecule has 0 spiro atoms.